The van der Waals surface area contributed by atoms with Crippen molar-refractivity contribution in [3.63, 3.8) is 0 Å². The van der Waals surface area contributed by atoms with Crippen LogP contribution in [0.15, 0.2) is 107 Å². The monoisotopic (exact) mass is 596 g/mol. The molecule has 0 aliphatic rings. The zero-order valence-electron chi connectivity index (χ0n) is 23.5. The Bertz CT molecular complexity index is 1720. The average Bonchev–Trinajstić information content (AvgIpc) is 3.62. The molecule has 0 unspecified atom stereocenters. The van der Waals surface area contributed by atoms with Gasteiger partial charge in [-0.05, 0) is 104 Å². The molecule has 0 aliphatic heterocycles. The van der Waals surface area contributed by atoms with Gasteiger partial charge in [-0.1, -0.05) is 23.7 Å². The van der Waals surface area contributed by atoms with Gasteiger partial charge in [-0.2, -0.15) is 5.10 Å². The second-order valence-corrected chi connectivity index (χ2v) is 10.1. The highest BCUT2D eigenvalue weighted by molar-refractivity contribution is 6.30. The fourth-order valence-corrected chi connectivity index (χ4v) is 4.41. The van der Waals surface area contributed by atoms with Crippen LogP contribution in [0, 0.1) is 13.8 Å². The largest absolute Gasteiger partial charge is 0.486 e. The molecule has 43 heavy (non-hydrogen) atoms. The fourth-order valence-electron chi connectivity index (χ4n) is 4.28. The number of benzene rings is 3. The van der Waals surface area contributed by atoms with Crippen LogP contribution >= 0.6 is 11.6 Å². The third-order valence-corrected chi connectivity index (χ3v) is 6.62. The number of ether oxygens (including phenoxy) is 2. The van der Waals surface area contributed by atoms with E-state index in [0.717, 1.165) is 17.1 Å². The molecular weight excluding hydrogens is 568 g/mol. The van der Waals surface area contributed by atoms with E-state index in [0.29, 0.717) is 33.5 Å². The fraction of sp³-hybridized carbons (Fsp3) is 0.121. The van der Waals surface area contributed by atoms with Gasteiger partial charge in [0.05, 0.1) is 6.21 Å². The topological polar surface area (TPSA) is 107 Å². The summed E-state index contributed by atoms with van der Waals surface area (Å²) in [6.07, 6.45) is 1.46. The number of nitrogens with zero attached hydrogens (tertiary/aromatic N) is 2. The highest BCUT2D eigenvalue weighted by Gasteiger charge is 2.11. The number of hydrogen-bond donors (Lipinski definition) is 2. The summed E-state index contributed by atoms with van der Waals surface area (Å²) in [6, 6.07) is 28.9. The summed E-state index contributed by atoms with van der Waals surface area (Å²) >= 11 is 5.86. The Morgan fingerprint density at radius 2 is 1.63 bits per heavy atom. The Morgan fingerprint density at radius 1 is 0.884 bits per heavy atom. The summed E-state index contributed by atoms with van der Waals surface area (Å²) in [5.41, 5.74) is 7.10. The van der Waals surface area contributed by atoms with Crippen molar-refractivity contribution in [2.45, 2.75) is 20.5 Å². The molecule has 0 saturated heterocycles. The smallest absolute Gasteiger partial charge is 0.307 e. The molecule has 9 nitrogen and oxygen atoms in total. The van der Waals surface area contributed by atoms with Crippen LogP contribution in [0.1, 0.15) is 33.3 Å². The molecule has 2 aromatic heterocycles. The standard InChI is InChI=1S/C33H29ClN4O5/c1-22-6-7-23(2)38(22)27-12-14-28(15-13-27)41-20-30-16-17-31(43-30)33(40)37-35-19-24-4-3-5-29(18-24)42-21-32(39)36-26-10-8-25(34)9-11-26/h3-19H,20-21H2,1-2H3,(H,36,39)(H,37,40)/b35-19+. The Balaban J connectivity index is 1.08. The molecular formula is C33H29ClN4O5. The van der Waals surface area contributed by atoms with Gasteiger partial charge in [0.25, 0.3) is 5.91 Å². The van der Waals surface area contributed by atoms with Gasteiger partial charge in [0.2, 0.25) is 0 Å². The maximum atomic E-state index is 12.5. The highest BCUT2D eigenvalue weighted by atomic mass is 35.5. The molecule has 0 aliphatic carbocycles. The van der Waals surface area contributed by atoms with Crippen molar-refractivity contribution in [2.75, 3.05) is 11.9 Å². The SMILES string of the molecule is Cc1ccc(C)n1-c1ccc(OCc2ccc(C(=O)N/N=C/c3cccc(OCC(=O)Nc4ccc(Cl)cc4)c3)o2)cc1. The van der Waals surface area contributed by atoms with Crippen molar-refractivity contribution >= 4 is 35.3 Å². The minimum absolute atomic E-state index is 0.105. The highest BCUT2D eigenvalue weighted by Crippen LogP contribution is 2.21. The molecule has 5 aromatic rings. The van der Waals surface area contributed by atoms with E-state index in [2.05, 4.69) is 46.4 Å². The normalized spacial score (nSPS) is 11.0. The van der Waals surface area contributed by atoms with Crippen molar-refractivity contribution in [2.24, 2.45) is 5.10 Å². The number of aryl methyl sites for hydroxylation is 2. The lowest BCUT2D eigenvalue weighted by atomic mass is 10.2. The Morgan fingerprint density at radius 3 is 2.37 bits per heavy atom. The van der Waals surface area contributed by atoms with Crippen molar-refractivity contribution in [3.05, 3.63) is 131 Å². The minimum Gasteiger partial charge on any atom is -0.486 e. The summed E-state index contributed by atoms with van der Waals surface area (Å²) in [5, 5.41) is 7.31. The molecule has 0 atom stereocenters. The molecule has 0 saturated carbocycles. The Kier molecular flexibility index (Phi) is 9.23. The number of rotatable bonds is 11. The van der Waals surface area contributed by atoms with Crippen LogP contribution in [0.25, 0.3) is 5.69 Å². The first-order valence-corrected chi connectivity index (χ1v) is 13.8. The van der Waals surface area contributed by atoms with Crippen LogP contribution < -0.4 is 20.2 Å². The number of halogens is 1. The van der Waals surface area contributed by atoms with Crippen LogP contribution in [-0.4, -0.2) is 29.2 Å². The number of hydrogen-bond acceptors (Lipinski definition) is 6. The number of furan rings is 1. The number of aromatic nitrogens is 1. The van der Waals surface area contributed by atoms with E-state index in [1.54, 1.807) is 60.7 Å². The van der Waals surface area contributed by atoms with Gasteiger partial charge in [0, 0.05) is 27.8 Å². The van der Waals surface area contributed by atoms with Gasteiger partial charge >= 0.3 is 5.91 Å². The van der Waals surface area contributed by atoms with Crippen LogP contribution in [0.2, 0.25) is 5.02 Å². The molecule has 10 heteroatoms. The van der Waals surface area contributed by atoms with Gasteiger partial charge in [0.1, 0.15) is 23.9 Å². The van der Waals surface area contributed by atoms with Crippen molar-refractivity contribution in [3.8, 4) is 17.2 Å². The summed E-state index contributed by atoms with van der Waals surface area (Å²) in [5.74, 6) is 0.949. The number of carbonyl (C=O) groups excluding carboxylic acids is 2. The van der Waals surface area contributed by atoms with Crippen molar-refractivity contribution in [1.82, 2.24) is 9.99 Å². The molecule has 0 radical (unpaired) electrons. The molecule has 0 spiro atoms. The van der Waals surface area contributed by atoms with Crippen LogP contribution in [0.5, 0.6) is 11.5 Å². The van der Waals surface area contributed by atoms with E-state index in [1.165, 1.54) is 6.21 Å². The number of carbonyl (C=O) groups is 2. The van der Waals surface area contributed by atoms with E-state index in [-0.39, 0.29) is 24.9 Å². The minimum atomic E-state index is -0.504. The van der Waals surface area contributed by atoms with E-state index in [4.69, 9.17) is 25.5 Å². The summed E-state index contributed by atoms with van der Waals surface area (Å²) in [6.45, 7) is 4.12. The number of nitrogens with one attached hydrogen (secondary N) is 2. The lowest BCUT2D eigenvalue weighted by Gasteiger charge is -2.10. The van der Waals surface area contributed by atoms with Gasteiger partial charge in [-0.3, -0.25) is 9.59 Å². The van der Waals surface area contributed by atoms with Gasteiger partial charge in [-0.25, -0.2) is 5.43 Å². The number of hydrazone groups is 1. The quantitative estimate of drug-likeness (QED) is 0.130. The predicted octanol–water partition coefficient (Wildman–Crippen LogP) is 6.70. The van der Waals surface area contributed by atoms with Crippen molar-refractivity contribution in [1.29, 1.82) is 0 Å². The first kappa shape index (κ1) is 29.2. The Labute approximate surface area is 253 Å². The maximum Gasteiger partial charge on any atom is 0.307 e. The summed E-state index contributed by atoms with van der Waals surface area (Å²) < 4.78 is 19.2. The molecule has 218 valence electrons. The molecule has 3 aromatic carbocycles. The zero-order chi connectivity index (χ0) is 30.2. The van der Waals surface area contributed by atoms with E-state index >= 15 is 0 Å². The zero-order valence-corrected chi connectivity index (χ0v) is 24.3. The second-order valence-electron chi connectivity index (χ2n) is 9.62. The molecule has 0 bridgehead atoms. The first-order valence-electron chi connectivity index (χ1n) is 13.4. The predicted molar refractivity (Wildman–Crippen MR) is 165 cm³/mol. The first-order chi connectivity index (χ1) is 20.8. The van der Waals surface area contributed by atoms with Crippen LogP contribution in [-0.2, 0) is 11.4 Å². The second kappa shape index (κ2) is 13.6. The third kappa shape index (κ3) is 7.93. The lowest BCUT2D eigenvalue weighted by molar-refractivity contribution is -0.118. The number of anilines is 1. The van der Waals surface area contributed by atoms with E-state index in [9.17, 15) is 9.59 Å². The van der Waals surface area contributed by atoms with Gasteiger partial charge < -0.3 is 23.8 Å². The average molecular weight is 597 g/mol. The maximum absolute atomic E-state index is 12.5. The molecule has 0 fully saturated rings. The van der Waals surface area contributed by atoms with Crippen molar-refractivity contribution < 1.29 is 23.5 Å². The molecule has 5 rings (SSSR count). The van der Waals surface area contributed by atoms with Gasteiger partial charge in [0.15, 0.2) is 12.4 Å². The lowest BCUT2D eigenvalue weighted by Crippen LogP contribution is -2.20. The van der Waals surface area contributed by atoms with E-state index in [1.807, 2.05) is 24.3 Å². The number of amides is 2. The van der Waals surface area contributed by atoms with Crippen LogP contribution in [0.4, 0.5) is 5.69 Å². The summed E-state index contributed by atoms with van der Waals surface area (Å²) in [7, 11) is 0. The third-order valence-electron chi connectivity index (χ3n) is 6.37. The molecule has 2 N–H and O–H groups in total. The van der Waals surface area contributed by atoms with Gasteiger partial charge in [-0.15, -0.1) is 0 Å². The Hall–Kier alpha value is -5.28. The van der Waals surface area contributed by atoms with Crippen LogP contribution in [0.3, 0.4) is 0 Å². The van der Waals surface area contributed by atoms with E-state index < -0.39 is 5.91 Å². The summed E-state index contributed by atoms with van der Waals surface area (Å²) in [4.78, 5) is 24.7. The molecule has 2 heterocycles. The molecule has 2 amide bonds.